The maximum absolute atomic E-state index is 11.7. The minimum atomic E-state index is -0.124. The fraction of sp³-hybridized carbons (Fsp3) is 0.500. The summed E-state index contributed by atoms with van der Waals surface area (Å²) < 4.78 is 5.06. The number of nitrogens with one attached hydrogen (secondary N) is 1. The molecule has 0 amide bonds. The third kappa shape index (κ3) is 4.61. The van der Waals surface area contributed by atoms with Crippen LogP contribution in [0.4, 0.5) is 5.69 Å². The first kappa shape index (κ1) is 14.9. The van der Waals surface area contributed by atoms with Gasteiger partial charge in [0.25, 0.3) is 0 Å². The zero-order valence-corrected chi connectivity index (χ0v) is 12.0. The van der Waals surface area contributed by atoms with Crippen molar-refractivity contribution in [1.29, 1.82) is 0 Å². The highest BCUT2D eigenvalue weighted by molar-refractivity contribution is 8.00. The molecule has 18 heavy (non-hydrogen) atoms. The zero-order chi connectivity index (χ0) is 13.4. The predicted molar refractivity (Wildman–Crippen MR) is 77.2 cm³/mol. The van der Waals surface area contributed by atoms with Crippen molar-refractivity contribution in [3.05, 3.63) is 24.3 Å². The van der Waals surface area contributed by atoms with E-state index in [2.05, 4.69) is 12.2 Å². The van der Waals surface area contributed by atoms with Crippen molar-refractivity contribution >= 4 is 23.4 Å². The van der Waals surface area contributed by atoms with Crippen molar-refractivity contribution < 1.29 is 9.53 Å². The van der Waals surface area contributed by atoms with Gasteiger partial charge in [-0.1, -0.05) is 6.92 Å². The van der Waals surface area contributed by atoms with Gasteiger partial charge >= 0.3 is 5.97 Å². The number of anilines is 1. The Morgan fingerprint density at radius 1 is 1.28 bits per heavy atom. The molecule has 0 aliphatic carbocycles. The van der Waals surface area contributed by atoms with E-state index in [-0.39, 0.29) is 11.2 Å². The molecule has 100 valence electrons. The maximum Gasteiger partial charge on any atom is 0.319 e. The molecule has 0 bridgehead atoms. The largest absolute Gasteiger partial charge is 0.465 e. The lowest BCUT2D eigenvalue weighted by Crippen LogP contribution is -2.19. The topological polar surface area (TPSA) is 38.3 Å². The van der Waals surface area contributed by atoms with Crippen LogP contribution in [-0.4, -0.2) is 24.4 Å². The molecule has 0 aliphatic heterocycles. The highest BCUT2D eigenvalue weighted by Crippen LogP contribution is 2.27. The Morgan fingerprint density at radius 2 is 1.94 bits per heavy atom. The van der Waals surface area contributed by atoms with E-state index in [1.807, 2.05) is 38.1 Å². The molecule has 0 aromatic heterocycles. The molecule has 0 saturated heterocycles. The first-order chi connectivity index (χ1) is 8.71. The van der Waals surface area contributed by atoms with Gasteiger partial charge in [0.2, 0.25) is 0 Å². The van der Waals surface area contributed by atoms with Crippen LogP contribution >= 0.6 is 11.8 Å². The van der Waals surface area contributed by atoms with E-state index >= 15 is 0 Å². The van der Waals surface area contributed by atoms with Crippen molar-refractivity contribution in [3.63, 3.8) is 0 Å². The van der Waals surface area contributed by atoms with Crippen molar-refractivity contribution in [2.24, 2.45) is 0 Å². The van der Waals surface area contributed by atoms with Crippen molar-refractivity contribution in [2.75, 3.05) is 18.5 Å². The van der Waals surface area contributed by atoms with Crippen molar-refractivity contribution in [3.8, 4) is 0 Å². The van der Waals surface area contributed by atoms with Gasteiger partial charge in [0.1, 0.15) is 5.25 Å². The van der Waals surface area contributed by atoms with Gasteiger partial charge in [0.15, 0.2) is 0 Å². The first-order valence-electron chi connectivity index (χ1n) is 6.38. The molecule has 1 rings (SSSR count). The number of thioether (sulfide) groups is 1. The molecule has 0 heterocycles. The lowest BCUT2D eigenvalue weighted by atomic mass is 10.3. The molecule has 1 aromatic carbocycles. The summed E-state index contributed by atoms with van der Waals surface area (Å²) in [5.41, 5.74) is 1.10. The van der Waals surface area contributed by atoms with Crippen LogP contribution in [0.5, 0.6) is 0 Å². The molecule has 4 heteroatoms. The molecule has 0 radical (unpaired) electrons. The lowest BCUT2D eigenvalue weighted by molar-refractivity contribution is -0.142. The summed E-state index contributed by atoms with van der Waals surface area (Å²) in [4.78, 5) is 12.8. The number of carbonyl (C=O) groups is 1. The fourth-order valence-corrected chi connectivity index (χ4v) is 2.51. The van der Waals surface area contributed by atoms with E-state index < -0.39 is 0 Å². The molecule has 0 fully saturated rings. The molecule has 0 spiro atoms. The van der Waals surface area contributed by atoms with E-state index in [0.29, 0.717) is 6.61 Å². The highest BCUT2D eigenvalue weighted by Gasteiger charge is 2.18. The van der Waals surface area contributed by atoms with Crippen LogP contribution in [0.2, 0.25) is 0 Å². The number of rotatable bonds is 7. The summed E-state index contributed by atoms with van der Waals surface area (Å²) in [6.45, 7) is 7.25. The number of carbonyl (C=O) groups excluding carboxylic acids is 1. The Hall–Kier alpha value is -1.16. The molecule has 3 nitrogen and oxygen atoms in total. The summed E-state index contributed by atoms with van der Waals surface area (Å²) >= 11 is 1.56. The summed E-state index contributed by atoms with van der Waals surface area (Å²) in [6.07, 6.45) is 0.776. The molecule has 0 saturated carbocycles. The second-order valence-electron chi connectivity index (χ2n) is 3.82. The van der Waals surface area contributed by atoms with E-state index in [0.717, 1.165) is 23.5 Å². The monoisotopic (exact) mass is 267 g/mol. The van der Waals surface area contributed by atoms with E-state index in [4.69, 9.17) is 4.74 Å². The van der Waals surface area contributed by atoms with Crippen LogP contribution in [0.25, 0.3) is 0 Å². The number of benzene rings is 1. The molecule has 0 aliphatic rings. The van der Waals surface area contributed by atoms with Crippen molar-refractivity contribution in [2.45, 2.75) is 37.3 Å². The van der Waals surface area contributed by atoms with Crippen LogP contribution in [0.3, 0.4) is 0 Å². The summed E-state index contributed by atoms with van der Waals surface area (Å²) in [7, 11) is 0. The van der Waals surface area contributed by atoms with Gasteiger partial charge in [-0.15, -0.1) is 11.8 Å². The molecule has 1 unspecified atom stereocenters. The van der Waals surface area contributed by atoms with Crippen LogP contribution in [0.1, 0.15) is 27.2 Å². The second-order valence-corrected chi connectivity index (χ2v) is 5.10. The van der Waals surface area contributed by atoms with Crippen LogP contribution < -0.4 is 5.32 Å². The Labute approximate surface area is 113 Å². The van der Waals surface area contributed by atoms with Gasteiger partial charge in [-0.05, 0) is 44.5 Å². The fourth-order valence-electron chi connectivity index (χ4n) is 1.55. The molecule has 1 aromatic rings. The standard InChI is InChI=1S/C14H21NO2S/c1-4-13(14(16)17-6-3)18-12-9-7-11(8-10-12)15-5-2/h7-10,13,15H,4-6H2,1-3H3. The van der Waals surface area contributed by atoms with Crippen LogP contribution in [0, 0.1) is 0 Å². The summed E-state index contributed by atoms with van der Waals surface area (Å²) in [6, 6.07) is 8.13. The van der Waals surface area contributed by atoms with Gasteiger partial charge in [-0.2, -0.15) is 0 Å². The SMILES string of the molecule is CCNc1ccc(SC(CC)C(=O)OCC)cc1. The molecular weight excluding hydrogens is 246 g/mol. The number of ether oxygens (including phenoxy) is 1. The number of hydrogen-bond acceptors (Lipinski definition) is 4. The Bertz CT molecular complexity index is 365. The Balaban J connectivity index is 2.61. The third-order valence-electron chi connectivity index (χ3n) is 2.43. The first-order valence-corrected chi connectivity index (χ1v) is 7.26. The average molecular weight is 267 g/mol. The van der Waals surface area contributed by atoms with Gasteiger partial charge in [0.05, 0.1) is 6.61 Å². The molecule has 1 atom stereocenters. The van der Waals surface area contributed by atoms with Gasteiger partial charge in [-0.25, -0.2) is 0 Å². The number of esters is 1. The minimum Gasteiger partial charge on any atom is -0.465 e. The predicted octanol–water partition coefficient (Wildman–Crippen LogP) is 3.55. The summed E-state index contributed by atoms with van der Waals surface area (Å²) in [5, 5.41) is 3.13. The normalized spacial score (nSPS) is 11.9. The second kappa shape index (κ2) is 8.03. The van der Waals surface area contributed by atoms with Gasteiger partial charge in [-0.3, -0.25) is 4.79 Å². The van der Waals surface area contributed by atoms with E-state index in [1.165, 1.54) is 0 Å². The Kier molecular flexibility index (Phi) is 6.65. The maximum atomic E-state index is 11.7. The quantitative estimate of drug-likeness (QED) is 0.605. The molecule has 1 N–H and O–H groups in total. The van der Waals surface area contributed by atoms with Crippen LogP contribution in [-0.2, 0) is 9.53 Å². The van der Waals surface area contributed by atoms with Gasteiger partial charge < -0.3 is 10.1 Å². The Morgan fingerprint density at radius 3 is 2.44 bits per heavy atom. The smallest absolute Gasteiger partial charge is 0.319 e. The summed E-state index contributed by atoms with van der Waals surface area (Å²) in [5.74, 6) is -0.124. The third-order valence-corrected chi connectivity index (χ3v) is 3.79. The minimum absolute atomic E-state index is 0.116. The van der Waals surface area contributed by atoms with Crippen molar-refractivity contribution in [1.82, 2.24) is 0 Å². The highest BCUT2D eigenvalue weighted by atomic mass is 32.2. The number of hydrogen-bond donors (Lipinski definition) is 1. The van der Waals surface area contributed by atoms with Crippen LogP contribution in [0.15, 0.2) is 29.2 Å². The zero-order valence-electron chi connectivity index (χ0n) is 11.2. The van der Waals surface area contributed by atoms with E-state index in [1.54, 1.807) is 11.8 Å². The average Bonchev–Trinajstić information content (AvgIpc) is 2.38. The lowest BCUT2D eigenvalue weighted by Gasteiger charge is -2.13. The molecular formula is C14H21NO2S. The van der Waals surface area contributed by atoms with Gasteiger partial charge in [0, 0.05) is 17.1 Å². The van der Waals surface area contributed by atoms with E-state index in [9.17, 15) is 4.79 Å².